The van der Waals surface area contributed by atoms with Crippen molar-refractivity contribution in [2.45, 2.75) is 12.1 Å². The van der Waals surface area contributed by atoms with Crippen molar-refractivity contribution in [2.24, 2.45) is 0 Å². The molecular formula is C11H7ClF4N2. The second kappa shape index (κ2) is 4.61. The van der Waals surface area contributed by atoms with Gasteiger partial charge < -0.3 is 0 Å². The minimum atomic E-state index is -4.47. The van der Waals surface area contributed by atoms with Gasteiger partial charge in [-0.15, -0.1) is 11.6 Å². The predicted octanol–water partition coefficient (Wildman–Crippen LogP) is 3.77. The van der Waals surface area contributed by atoms with Gasteiger partial charge in [-0.3, -0.25) is 0 Å². The molecule has 0 spiro atoms. The van der Waals surface area contributed by atoms with Crippen molar-refractivity contribution in [1.29, 1.82) is 0 Å². The van der Waals surface area contributed by atoms with Gasteiger partial charge in [0.05, 0.1) is 23.3 Å². The number of benzene rings is 1. The van der Waals surface area contributed by atoms with E-state index in [0.29, 0.717) is 6.20 Å². The normalized spacial score (nSPS) is 11.8. The molecule has 1 aromatic carbocycles. The number of alkyl halides is 4. The molecule has 2 aromatic rings. The number of aromatic nitrogens is 2. The van der Waals surface area contributed by atoms with Gasteiger partial charge in [-0.1, -0.05) is 6.07 Å². The smallest absolute Gasteiger partial charge is 0.240 e. The summed E-state index contributed by atoms with van der Waals surface area (Å²) in [5.41, 5.74) is -0.398. The average molecular weight is 279 g/mol. The fraction of sp³-hybridized carbons (Fsp3) is 0.182. The summed E-state index contributed by atoms with van der Waals surface area (Å²) in [5.74, 6) is -0.578. The van der Waals surface area contributed by atoms with Gasteiger partial charge in [0, 0.05) is 11.8 Å². The van der Waals surface area contributed by atoms with E-state index in [9.17, 15) is 17.6 Å². The van der Waals surface area contributed by atoms with Crippen molar-refractivity contribution in [2.75, 3.05) is 0 Å². The van der Waals surface area contributed by atoms with Crippen LogP contribution in [0.25, 0.3) is 5.69 Å². The average Bonchev–Trinajstić information content (AvgIpc) is 2.77. The van der Waals surface area contributed by atoms with Crippen molar-refractivity contribution in [3.05, 3.63) is 47.5 Å². The summed E-state index contributed by atoms with van der Waals surface area (Å²) in [5, 5.41) is 3.55. The van der Waals surface area contributed by atoms with E-state index in [4.69, 9.17) is 11.6 Å². The molecule has 2 rings (SSSR count). The van der Waals surface area contributed by atoms with Crippen LogP contribution in [0.15, 0.2) is 30.6 Å². The van der Waals surface area contributed by atoms with Crippen LogP contribution < -0.4 is 0 Å². The van der Waals surface area contributed by atoms with Gasteiger partial charge in [0.2, 0.25) is 0 Å². The Morgan fingerprint density at radius 2 is 2.00 bits per heavy atom. The summed E-state index contributed by atoms with van der Waals surface area (Å²) in [6.07, 6.45) is -2.98. The van der Waals surface area contributed by atoms with Crippen molar-refractivity contribution in [3.8, 4) is 5.69 Å². The minimum absolute atomic E-state index is 0.000971. The lowest BCUT2D eigenvalue weighted by molar-refractivity contribution is -0.137. The number of nitrogens with zero attached hydrogens (tertiary/aromatic N) is 2. The Labute approximate surface area is 105 Å². The maximum atomic E-state index is 13.4. The molecule has 96 valence electrons. The Morgan fingerprint density at radius 1 is 1.28 bits per heavy atom. The first-order chi connectivity index (χ1) is 8.41. The highest BCUT2D eigenvalue weighted by atomic mass is 35.5. The Hall–Kier alpha value is -1.56. The molecule has 0 radical (unpaired) electrons. The standard InChI is InChI=1S/C11H7ClF4N2/c12-4-7-1-2-9(3-10(7)13)18-6-8(5-17-18)11(14,15)16/h1-3,5-6H,4H2. The van der Waals surface area contributed by atoms with E-state index in [1.807, 2.05) is 0 Å². The highest BCUT2D eigenvalue weighted by Crippen LogP contribution is 2.29. The van der Waals surface area contributed by atoms with Crippen LogP contribution in [0.3, 0.4) is 0 Å². The zero-order valence-corrected chi connectivity index (χ0v) is 9.63. The molecule has 0 saturated carbocycles. The summed E-state index contributed by atoms with van der Waals surface area (Å²) in [6, 6.07) is 3.95. The van der Waals surface area contributed by atoms with Gasteiger partial charge in [0.25, 0.3) is 0 Å². The number of hydrogen-bond acceptors (Lipinski definition) is 1. The summed E-state index contributed by atoms with van der Waals surface area (Å²) in [7, 11) is 0. The molecular weight excluding hydrogens is 272 g/mol. The fourth-order valence-electron chi connectivity index (χ4n) is 1.40. The van der Waals surface area contributed by atoms with E-state index >= 15 is 0 Å². The molecule has 0 N–H and O–H groups in total. The van der Waals surface area contributed by atoms with E-state index in [-0.39, 0.29) is 17.1 Å². The van der Waals surface area contributed by atoms with Crippen molar-refractivity contribution < 1.29 is 17.6 Å². The lowest BCUT2D eigenvalue weighted by atomic mass is 10.2. The van der Waals surface area contributed by atoms with Crippen molar-refractivity contribution >= 4 is 11.6 Å². The molecule has 0 bridgehead atoms. The van der Waals surface area contributed by atoms with Crippen LogP contribution in [-0.4, -0.2) is 9.78 Å². The first-order valence-electron chi connectivity index (χ1n) is 4.88. The van der Waals surface area contributed by atoms with Crippen molar-refractivity contribution in [3.63, 3.8) is 0 Å². The van der Waals surface area contributed by atoms with Crippen LogP contribution in [0.5, 0.6) is 0 Å². The molecule has 1 aromatic heterocycles. The first kappa shape index (κ1) is 12.9. The molecule has 18 heavy (non-hydrogen) atoms. The van der Waals surface area contributed by atoms with Crippen molar-refractivity contribution in [1.82, 2.24) is 9.78 Å². The van der Waals surface area contributed by atoms with Crippen LogP contribution in [0, 0.1) is 5.82 Å². The molecule has 0 aliphatic heterocycles. The zero-order valence-electron chi connectivity index (χ0n) is 8.88. The summed E-state index contributed by atoms with van der Waals surface area (Å²) >= 11 is 5.48. The molecule has 0 saturated heterocycles. The van der Waals surface area contributed by atoms with Crippen LogP contribution in [0.2, 0.25) is 0 Å². The molecule has 0 fully saturated rings. The third-order valence-electron chi connectivity index (χ3n) is 2.36. The highest BCUT2D eigenvalue weighted by molar-refractivity contribution is 6.17. The Kier molecular flexibility index (Phi) is 3.30. The zero-order chi connectivity index (χ0) is 13.3. The maximum Gasteiger partial charge on any atom is 0.419 e. The summed E-state index contributed by atoms with van der Waals surface area (Å²) in [4.78, 5) is 0. The minimum Gasteiger partial charge on any atom is -0.240 e. The Balaban J connectivity index is 2.38. The molecule has 0 amide bonds. The van der Waals surface area contributed by atoms with Gasteiger partial charge >= 0.3 is 6.18 Å². The highest BCUT2D eigenvalue weighted by Gasteiger charge is 2.32. The lowest BCUT2D eigenvalue weighted by Gasteiger charge is -2.04. The van der Waals surface area contributed by atoms with E-state index < -0.39 is 17.6 Å². The lowest BCUT2D eigenvalue weighted by Crippen LogP contribution is -2.03. The van der Waals surface area contributed by atoms with Crippen LogP contribution in [0.1, 0.15) is 11.1 Å². The number of hydrogen-bond donors (Lipinski definition) is 0. The first-order valence-corrected chi connectivity index (χ1v) is 5.42. The predicted molar refractivity (Wildman–Crippen MR) is 58.1 cm³/mol. The molecule has 0 atom stereocenters. The monoisotopic (exact) mass is 278 g/mol. The Morgan fingerprint density at radius 3 is 2.50 bits per heavy atom. The topological polar surface area (TPSA) is 17.8 Å². The van der Waals surface area contributed by atoms with Gasteiger partial charge in [-0.25, -0.2) is 9.07 Å². The third-order valence-corrected chi connectivity index (χ3v) is 2.64. The van der Waals surface area contributed by atoms with Gasteiger partial charge in [-0.05, 0) is 12.1 Å². The quantitative estimate of drug-likeness (QED) is 0.604. The van der Waals surface area contributed by atoms with E-state index in [1.165, 1.54) is 12.1 Å². The SMILES string of the molecule is Fc1cc(-n2cc(C(F)(F)F)cn2)ccc1CCl. The second-order valence-electron chi connectivity index (χ2n) is 3.58. The van der Waals surface area contributed by atoms with E-state index in [0.717, 1.165) is 16.9 Å². The molecule has 7 heteroatoms. The van der Waals surface area contributed by atoms with Gasteiger partial charge in [0.1, 0.15) is 5.82 Å². The molecule has 0 aliphatic rings. The van der Waals surface area contributed by atoms with E-state index in [1.54, 1.807) is 0 Å². The second-order valence-corrected chi connectivity index (χ2v) is 3.85. The molecule has 1 heterocycles. The fourth-order valence-corrected chi connectivity index (χ4v) is 1.61. The van der Waals surface area contributed by atoms with Gasteiger partial charge in [-0.2, -0.15) is 18.3 Å². The summed E-state index contributed by atoms with van der Waals surface area (Å²) < 4.78 is 51.5. The van der Waals surface area contributed by atoms with Crippen LogP contribution in [0.4, 0.5) is 17.6 Å². The number of halogens is 5. The van der Waals surface area contributed by atoms with E-state index in [2.05, 4.69) is 5.10 Å². The summed E-state index contributed by atoms with van der Waals surface area (Å²) in [6.45, 7) is 0. The number of rotatable bonds is 2. The van der Waals surface area contributed by atoms with Gasteiger partial charge in [0.15, 0.2) is 0 Å². The molecule has 0 unspecified atom stereocenters. The largest absolute Gasteiger partial charge is 0.419 e. The third kappa shape index (κ3) is 2.48. The van der Waals surface area contributed by atoms with Crippen LogP contribution >= 0.6 is 11.6 Å². The Bertz CT molecular complexity index is 562. The maximum absolute atomic E-state index is 13.4. The molecule has 2 nitrogen and oxygen atoms in total. The van der Waals surface area contributed by atoms with Crippen LogP contribution in [-0.2, 0) is 12.1 Å². The molecule has 0 aliphatic carbocycles.